The summed E-state index contributed by atoms with van der Waals surface area (Å²) in [6.07, 6.45) is 7.66. The Hall–Kier alpha value is -0.590. The van der Waals surface area contributed by atoms with Crippen LogP contribution in [0.2, 0.25) is 0 Å². The van der Waals surface area contributed by atoms with Crippen molar-refractivity contribution in [1.29, 1.82) is 0 Å². The molecule has 1 nitrogen and oxygen atoms in total. The number of rotatable bonds is 2. The van der Waals surface area contributed by atoms with Crippen molar-refractivity contribution in [3.63, 3.8) is 0 Å². The maximum atomic E-state index is 11.1. The number of hydrogen-bond donors (Lipinski definition) is 0. The first-order valence-electron chi connectivity index (χ1n) is 7.12. The first-order valence-corrected chi connectivity index (χ1v) is 7.12. The van der Waals surface area contributed by atoms with Gasteiger partial charge >= 0.3 is 0 Å². The lowest BCUT2D eigenvalue weighted by Gasteiger charge is -2.44. The van der Waals surface area contributed by atoms with E-state index in [4.69, 9.17) is 0 Å². The summed E-state index contributed by atoms with van der Waals surface area (Å²) in [7, 11) is 0. The predicted octanol–water partition coefficient (Wildman–Crippen LogP) is 4.37. The highest BCUT2D eigenvalue weighted by atomic mass is 16.1. The van der Waals surface area contributed by atoms with E-state index in [1.807, 2.05) is 0 Å². The molecule has 17 heavy (non-hydrogen) atoms. The van der Waals surface area contributed by atoms with Crippen molar-refractivity contribution < 1.29 is 4.79 Å². The molecule has 2 saturated carbocycles. The van der Waals surface area contributed by atoms with Gasteiger partial charge in [0.25, 0.3) is 0 Å². The molecule has 0 aromatic carbocycles. The molecule has 2 fully saturated rings. The van der Waals surface area contributed by atoms with E-state index in [0.29, 0.717) is 11.3 Å². The lowest BCUT2D eigenvalue weighted by Crippen LogP contribution is -2.36. The van der Waals surface area contributed by atoms with Gasteiger partial charge in [0, 0.05) is 5.92 Å². The van der Waals surface area contributed by atoms with Crippen LogP contribution in [0.4, 0.5) is 0 Å². The van der Waals surface area contributed by atoms with Gasteiger partial charge in [0.2, 0.25) is 0 Å². The van der Waals surface area contributed by atoms with Crippen molar-refractivity contribution in [2.75, 3.05) is 0 Å². The molecule has 4 atom stereocenters. The Kier molecular flexibility index (Phi) is 3.47. The number of allylic oxidation sites excluding steroid dienone is 2. The average molecular weight is 234 g/mol. The summed E-state index contributed by atoms with van der Waals surface area (Å²) in [4.78, 5) is 11.1. The zero-order valence-corrected chi connectivity index (χ0v) is 11.8. The van der Waals surface area contributed by atoms with E-state index in [1.54, 1.807) is 5.57 Å². The Morgan fingerprint density at radius 1 is 1.41 bits per heavy atom. The van der Waals surface area contributed by atoms with E-state index in [-0.39, 0.29) is 5.92 Å². The van der Waals surface area contributed by atoms with Gasteiger partial charge in [-0.05, 0) is 63.2 Å². The maximum absolute atomic E-state index is 11.1. The van der Waals surface area contributed by atoms with Crippen LogP contribution in [0.5, 0.6) is 0 Å². The lowest BCUT2D eigenvalue weighted by molar-refractivity contribution is -0.113. The molecule has 0 N–H and O–H groups in total. The number of carbonyl (C=O) groups excluding carboxylic acids is 1. The van der Waals surface area contributed by atoms with E-state index in [0.717, 1.165) is 5.92 Å². The van der Waals surface area contributed by atoms with Crippen LogP contribution < -0.4 is 0 Å². The van der Waals surface area contributed by atoms with Gasteiger partial charge in [0.15, 0.2) is 0 Å². The highest BCUT2D eigenvalue weighted by Gasteiger charge is 2.50. The van der Waals surface area contributed by atoms with Crippen LogP contribution in [0, 0.1) is 23.2 Å². The third-order valence-electron chi connectivity index (χ3n) is 5.48. The number of fused-ring (bicyclic) bond motifs is 1. The van der Waals surface area contributed by atoms with Crippen LogP contribution in [-0.2, 0) is 4.79 Å². The minimum atomic E-state index is 0.238. The molecule has 0 radical (unpaired) electrons. The summed E-state index contributed by atoms with van der Waals surface area (Å²) in [5.74, 6) is 1.61. The van der Waals surface area contributed by atoms with Crippen molar-refractivity contribution in [2.45, 2.75) is 59.8 Å². The molecule has 0 heterocycles. The number of hydrogen-bond acceptors (Lipinski definition) is 1. The van der Waals surface area contributed by atoms with Crippen LogP contribution >= 0.6 is 0 Å². The Balaban J connectivity index is 2.32. The van der Waals surface area contributed by atoms with Gasteiger partial charge in [-0.25, -0.2) is 0 Å². The van der Waals surface area contributed by atoms with E-state index in [2.05, 4.69) is 27.7 Å². The van der Waals surface area contributed by atoms with E-state index >= 15 is 0 Å². The Morgan fingerprint density at radius 3 is 2.71 bits per heavy atom. The SMILES string of the molecule is CC(C)=C1CCC[C@]2(C)[C@@H]([C@H](C)C=O)CC[C@@H]12. The Bertz CT molecular complexity index is 337. The van der Waals surface area contributed by atoms with Crippen LogP contribution in [0.25, 0.3) is 0 Å². The van der Waals surface area contributed by atoms with E-state index in [9.17, 15) is 4.79 Å². The first kappa shape index (κ1) is 12.9. The molecule has 0 bridgehead atoms. The average Bonchev–Trinajstić information content (AvgIpc) is 2.64. The van der Waals surface area contributed by atoms with Gasteiger partial charge in [-0.15, -0.1) is 0 Å². The monoisotopic (exact) mass is 234 g/mol. The molecule has 96 valence electrons. The van der Waals surface area contributed by atoms with Crippen molar-refractivity contribution in [3.8, 4) is 0 Å². The minimum absolute atomic E-state index is 0.238. The third kappa shape index (κ3) is 1.98. The first-order chi connectivity index (χ1) is 8.00. The molecule has 0 aromatic rings. The molecule has 1 heteroatoms. The molecule has 0 aromatic heterocycles. The van der Waals surface area contributed by atoms with E-state index < -0.39 is 0 Å². The summed E-state index contributed by atoms with van der Waals surface area (Å²) >= 11 is 0. The van der Waals surface area contributed by atoms with Crippen LogP contribution in [0.3, 0.4) is 0 Å². The Morgan fingerprint density at radius 2 is 2.12 bits per heavy atom. The van der Waals surface area contributed by atoms with Crippen molar-refractivity contribution in [1.82, 2.24) is 0 Å². The Labute approximate surface area is 106 Å². The summed E-state index contributed by atoms with van der Waals surface area (Å²) in [5, 5.41) is 0. The second kappa shape index (κ2) is 4.59. The molecule has 0 amide bonds. The maximum Gasteiger partial charge on any atom is 0.123 e. The normalized spacial score (nSPS) is 38.7. The van der Waals surface area contributed by atoms with Crippen LogP contribution in [0.1, 0.15) is 59.8 Å². The van der Waals surface area contributed by atoms with Gasteiger partial charge in [-0.3, -0.25) is 0 Å². The zero-order valence-electron chi connectivity index (χ0n) is 11.8. The predicted molar refractivity (Wildman–Crippen MR) is 71.8 cm³/mol. The van der Waals surface area contributed by atoms with Gasteiger partial charge in [0.05, 0.1) is 0 Å². The zero-order chi connectivity index (χ0) is 12.6. The molecule has 2 aliphatic carbocycles. The van der Waals surface area contributed by atoms with Gasteiger partial charge in [0.1, 0.15) is 6.29 Å². The van der Waals surface area contributed by atoms with Crippen LogP contribution in [-0.4, -0.2) is 6.29 Å². The minimum Gasteiger partial charge on any atom is -0.303 e. The number of aldehydes is 1. The van der Waals surface area contributed by atoms with Gasteiger partial charge in [-0.2, -0.15) is 0 Å². The highest BCUT2D eigenvalue weighted by molar-refractivity contribution is 5.54. The summed E-state index contributed by atoms with van der Waals surface area (Å²) in [6, 6.07) is 0. The standard InChI is InChI=1S/C16H26O/c1-11(2)13-6-5-9-16(4)14(12(3)10-17)7-8-15(13)16/h10,12,14-15H,5-9H2,1-4H3/t12-,14-,15+,16-/m1/s1. The largest absolute Gasteiger partial charge is 0.303 e. The van der Waals surface area contributed by atoms with Gasteiger partial charge < -0.3 is 4.79 Å². The molecule has 0 unspecified atom stereocenters. The summed E-state index contributed by atoms with van der Waals surface area (Å²) in [5.41, 5.74) is 3.63. The van der Waals surface area contributed by atoms with Crippen molar-refractivity contribution in [3.05, 3.63) is 11.1 Å². The summed E-state index contributed by atoms with van der Waals surface area (Å²) in [6.45, 7) is 9.08. The molecule has 0 spiro atoms. The van der Waals surface area contributed by atoms with Crippen molar-refractivity contribution in [2.24, 2.45) is 23.2 Å². The molecular formula is C16H26O. The molecule has 2 aliphatic rings. The second-order valence-electron chi connectivity index (χ2n) is 6.62. The van der Waals surface area contributed by atoms with Crippen molar-refractivity contribution >= 4 is 6.29 Å². The molecular weight excluding hydrogens is 208 g/mol. The fourth-order valence-corrected chi connectivity index (χ4v) is 4.59. The van der Waals surface area contributed by atoms with E-state index in [1.165, 1.54) is 44.0 Å². The lowest BCUT2D eigenvalue weighted by atomic mass is 9.61. The second-order valence-corrected chi connectivity index (χ2v) is 6.62. The third-order valence-corrected chi connectivity index (χ3v) is 5.48. The smallest absolute Gasteiger partial charge is 0.123 e. The number of carbonyl (C=O) groups is 1. The molecule has 0 aliphatic heterocycles. The summed E-state index contributed by atoms with van der Waals surface area (Å²) < 4.78 is 0. The fraction of sp³-hybridized carbons (Fsp3) is 0.812. The highest BCUT2D eigenvalue weighted by Crippen LogP contribution is 2.59. The molecule has 2 rings (SSSR count). The topological polar surface area (TPSA) is 17.1 Å². The molecule has 0 saturated heterocycles. The quantitative estimate of drug-likeness (QED) is 0.512. The van der Waals surface area contributed by atoms with Gasteiger partial charge in [-0.1, -0.05) is 25.0 Å². The van der Waals surface area contributed by atoms with Crippen LogP contribution in [0.15, 0.2) is 11.1 Å². The fourth-order valence-electron chi connectivity index (χ4n) is 4.59.